The molecule has 124 valence electrons. The van der Waals surface area contributed by atoms with E-state index in [0.29, 0.717) is 29.0 Å². The summed E-state index contributed by atoms with van der Waals surface area (Å²) in [5, 5.41) is 8.86. The third-order valence-corrected chi connectivity index (χ3v) is 4.90. The minimum Gasteiger partial charge on any atom is -0.367 e. The maximum absolute atomic E-state index is 12.1. The highest BCUT2D eigenvalue weighted by molar-refractivity contribution is 7.10. The number of carbonyl (C=O) groups is 1. The number of hydrogen-bond acceptors (Lipinski definition) is 4. The molecule has 0 radical (unpaired) electrons. The molecular formula is C15H18Cl2N4OS. The molecule has 0 fully saturated rings. The zero-order valence-electron chi connectivity index (χ0n) is 12.8. The van der Waals surface area contributed by atoms with Crippen LogP contribution in [0.1, 0.15) is 17.8 Å². The minimum atomic E-state index is -0.122. The van der Waals surface area contributed by atoms with E-state index in [0.717, 1.165) is 4.88 Å². The van der Waals surface area contributed by atoms with E-state index in [9.17, 15) is 4.79 Å². The number of urea groups is 1. The van der Waals surface area contributed by atoms with Crippen molar-refractivity contribution in [3.05, 3.63) is 44.7 Å². The van der Waals surface area contributed by atoms with Crippen molar-refractivity contribution >= 4 is 46.4 Å². The summed E-state index contributed by atoms with van der Waals surface area (Å²) in [6.45, 7) is 2.98. The molecule has 2 N–H and O–H groups in total. The number of nitrogens with zero attached hydrogens (tertiary/aromatic N) is 2. The van der Waals surface area contributed by atoms with Crippen LogP contribution in [0, 0.1) is 0 Å². The summed E-state index contributed by atoms with van der Waals surface area (Å²) in [7, 11) is 1.78. The first-order chi connectivity index (χ1) is 11.0. The summed E-state index contributed by atoms with van der Waals surface area (Å²) in [5.41, 5.74) is 0. The Morgan fingerprint density at radius 3 is 2.87 bits per heavy atom. The quantitative estimate of drug-likeness (QED) is 0.744. The Labute approximate surface area is 149 Å². The van der Waals surface area contributed by atoms with Gasteiger partial charge in [-0.05, 0) is 24.4 Å². The molecule has 0 spiro atoms. The fourth-order valence-corrected chi connectivity index (χ4v) is 3.19. The van der Waals surface area contributed by atoms with E-state index in [1.54, 1.807) is 29.4 Å². The van der Waals surface area contributed by atoms with Gasteiger partial charge in [-0.1, -0.05) is 29.3 Å². The molecule has 2 aromatic rings. The van der Waals surface area contributed by atoms with Gasteiger partial charge >= 0.3 is 6.03 Å². The molecule has 0 saturated heterocycles. The average molecular weight is 373 g/mol. The molecule has 1 unspecified atom stereocenters. The zero-order valence-corrected chi connectivity index (χ0v) is 15.2. The van der Waals surface area contributed by atoms with Crippen LogP contribution in [-0.2, 0) is 0 Å². The van der Waals surface area contributed by atoms with E-state index in [2.05, 4.69) is 15.6 Å². The second-order valence-electron chi connectivity index (χ2n) is 4.94. The number of aromatic nitrogens is 1. The number of halogens is 2. The van der Waals surface area contributed by atoms with Gasteiger partial charge in [-0.15, -0.1) is 11.3 Å². The van der Waals surface area contributed by atoms with E-state index in [1.807, 2.05) is 24.4 Å². The van der Waals surface area contributed by atoms with Crippen LogP contribution in [-0.4, -0.2) is 36.1 Å². The number of thiophene rings is 1. The molecule has 2 heterocycles. The predicted molar refractivity (Wildman–Crippen MR) is 96.6 cm³/mol. The van der Waals surface area contributed by atoms with Crippen molar-refractivity contribution in [3.8, 4) is 0 Å². The fraction of sp³-hybridized carbons (Fsp3) is 0.333. The summed E-state index contributed by atoms with van der Waals surface area (Å²) in [5.74, 6) is 0.547. The first-order valence-corrected chi connectivity index (χ1v) is 8.71. The van der Waals surface area contributed by atoms with Crippen molar-refractivity contribution in [1.29, 1.82) is 0 Å². The van der Waals surface area contributed by atoms with E-state index in [4.69, 9.17) is 23.2 Å². The van der Waals surface area contributed by atoms with Crippen LogP contribution in [0.2, 0.25) is 10.0 Å². The van der Waals surface area contributed by atoms with E-state index < -0.39 is 0 Å². The van der Waals surface area contributed by atoms with Gasteiger partial charge in [0.1, 0.15) is 5.82 Å². The van der Waals surface area contributed by atoms with Gasteiger partial charge in [-0.2, -0.15) is 0 Å². The normalized spacial score (nSPS) is 11.8. The molecule has 0 saturated carbocycles. The van der Waals surface area contributed by atoms with Crippen LogP contribution >= 0.6 is 34.5 Å². The molecule has 0 aliphatic heterocycles. The molecule has 8 heteroatoms. The molecule has 0 aromatic carbocycles. The number of pyridine rings is 1. The summed E-state index contributed by atoms with van der Waals surface area (Å²) in [6, 6.07) is 5.54. The Balaban J connectivity index is 1.76. The molecule has 0 bridgehead atoms. The van der Waals surface area contributed by atoms with Gasteiger partial charge < -0.3 is 15.5 Å². The lowest BCUT2D eigenvalue weighted by Crippen LogP contribution is -2.40. The monoisotopic (exact) mass is 372 g/mol. The highest BCUT2D eigenvalue weighted by Gasteiger charge is 2.17. The minimum absolute atomic E-state index is 0.0373. The molecule has 2 amide bonds. The van der Waals surface area contributed by atoms with E-state index in [-0.39, 0.29) is 12.1 Å². The SMILES string of the molecule is CC(c1cccs1)N(C)C(=O)NCCNc1ncc(Cl)cc1Cl. The van der Waals surface area contributed by atoms with Crippen LogP contribution < -0.4 is 10.6 Å². The summed E-state index contributed by atoms with van der Waals surface area (Å²) >= 11 is 13.4. The summed E-state index contributed by atoms with van der Waals surface area (Å²) in [4.78, 5) is 19.1. The van der Waals surface area contributed by atoms with Crippen molar-refractivity contribution in [2.45, 2.75) is 13.0 Å². The smallest absolute Gasteiger partial charge is 0.317 e. The molecule has 0 aliphatic rings. The van der Waals surface area contributed by atoms with Crippen molar-refractivity contribution < 1.29 is 4.79 Å². The Hall–Kier alpha value is -1.50. The van der Waals surface area contributed by atoms with Crippen molar-refractivity contribution in [3.63, 3.8) is 0 Å². The summed E-state index contributed by atoms with van der Waals surface area (Å²) < 4.78 is 0. The van der Waals surface area contributed by atoms with Crippen molar-refractivity contribution in [2.24, 2.45) is 0 Å². The van der Waals surface area contributed by atoms with Gasteiger partial charge in [-0.3, -0.25) is 0 Å². The predicted octanol–water partition coefficient (Wildman–Crippen LogP) is 4.26. The highest BCUT2D eigenvalue weighted by Crippen LogP contribution is 2.23. The number of nitrogens with one attached hydrogen (secondary N) is 2. The van der Waals surface area contributed by atoms with E-state index in [1.165, 1.54) is 6.20 Å². The lowest BCUT2D eigenvalue weighted by Gasteiger charge is -2.24. The molecule has 23 heavy (non-hydrogen) atoms. The lowest BCUT2D eigenvalue weighted by atomic mass is 10.2. The second kappa shape index (κ2) is 8.38. The van der Waals surface area contributed by atoms with Gasteiger partial charge in [0.05, 0.1) is 16.1 Å². The van der Waals surface area contributed by atoms with Crippen LogP contribution in [0.3, 0.4) is 0 Å². The van der Waals surface area contributed by atoms with Crippen LogP contribution in [0.15, 0.2) is 29.8 Å². The largest absolute Gasteiger partial charge is 0.367 e. The van der Waals surface area contributed by atoms with Crippen LogP contribution in [0.25, 0.3) is 0 Å². The molecule has 1 atom stereocenters. The number of amides is 2. The molecule has 5 nitrogen and oxygen atoms in total. The number of anilines is 1. The van der Waals surface area contributed by atoms with Gasteiger partial charge in [0.25, 0.3) is 0 Å². The van der Waals surface area contributed by atoms with Crippen molar-refractivity contribution in [1.82, 2.24) is 15.2 Å². The molecule has 2 aromatic heterocycles. The molecule has 0 aliphatic carbocycles. The third-order valence-electron chi connectivity index (χ3n) is 3.36. The lowest BCUT2D eigenvalue weighted by molar-refractivity contribution is 0.195. The van der Waals surface area contributed by atoms with Gasteiger partial charge in [-0.25, -0.2) is 9.78 Å². The molecule has 2 rings (SSSR count). The Morgan fingerprint density at radius 2 is 2.22 bits per heavy atom. The van der Waals surface area contributed by atoms with Gasteiger partial charge in [0.2, 0.25) is 0 Å². The van der Waals surface area contributed by atoms with Gasteiger partial charge in [0, 0.05) is 31.2 Å². The third kappa shape index (κ3) is 4.99. The second-order valence-corrected chi connectivity index (χ2v) is 6.77. The zero-order chi connectivity index (χ0) is 16.8. The standard InChI is InChI=1S/C15H18Cl2N4OS/c1-10(13-4-3-7-23-13)21(2)15(22)19-6-5-18-14-12(17)8-11(16)9-20-14/h3-4,7-10H,5-6H2,1-2H3,(H,18,20)(H,19,22). The summed E-state index contributed by atoms with van der Waals surface area (Å²) in [6.07, 6.45) is 1.52. The average Bonchev–Trinajstić information content (AvgIpc) is 3.06. The number of hydrogen-bond donors (Lipinski definition) is 2. The van der Waals surface area contributed by atoms with E-state index >= 15 is 0 Å². The Morgan fingerprint density at radius 1 is 1.43 bits per heavy atom. The fourth-order valence-electron chi connectivity index (χ4n) is 1.92. The number of carbonyl (C=O) groups excluding carboxylic acids is 1. The van der Waals surface area contributed by atoms with Crippen LogP contribution in [0.5, 0.6) is 0 Å². The molecular weight excluding hydrogens is 355 g/mol. The highest BCUT2D eigenvalue weighted by atomic mass is 35.5. The first kappa shape index (κ1) is 17.8. The van der Waals surface area contributed by atoms with Gasteiger partial charge in [0.15, 0.2) is 0 Å². The topological polar surface area (TPSA) is 57.3 Å². The maximum atomic E-state index is 12.1. The Kier molecular flexibility index (Phi) is 6.50. The Bertz CT molecular complexity index is 651. The van der Waals surface area contributed by atoms with Crippen LogP contribution in [0.4, 0.5) is 10.6 Å². The number of rotatable bonds is 6. The maximum Gasteiger partial charge on any atom is 0.317 e. The first-order valence-electron chi connectivity index (χ1n) is 7.08. The van der Waals surface area contributed by atoms with Crippen molar-refractivity contribution in [2.75, 3.05) is 25.5 Å².